The second-order valence-corrected chi connectivity index (χ2v) is 5.37. The minimum atomic E-state index is -0.119. The summed E-state index contributed by atoms with van der Waals surface area (Å²) in [6, 6.07) is 3.95. The summed E-state index contributed by atoms with van der Waals surface area (Å²) >= 11 is 0. The van der Waals surface area contributed by atoms with Gasteiger partial charge in [0.05, 0.1) is 0 Å². The molecule has 3 aromatic rings. The fourth-order valence-corrected chi connectivity index (χ4v) is 2.40. The third-order valence-corrected chi connectivity index (χ3v) is 3.65. The largest absolute Gasteiger partial charge is 0.367 e. The molecule has 0 amide bonds. The third kappa shape index (κ3) is 3.39. The maximum atomic E-state index is 12.3. The average molecular weight is 312 g/mol. The lowest BCUT2D eigenvalue weighted by atomic mass is 10.2. The fourth-order valence-electron chi connectivity index (χ4n) is 2.40. The van der Waals surface area contributed by atoms with E-state index in [2.05, 4.69) is 27.3 Å². The Kier molecular flexibility index (Phi) is 4.65. The number of pyridine rings is 1. The molecule has 3 rings (SSSR count). The molecular weight excluding hydrogens is 292 g/mol. The summed E-state index contributed by atoms with van der Waals surface area (Å²) in [4.78, 5) is 20.7. The molecular formula is C16H20N6O. The van der Waals surface area contributed by atoms with Gasteiger partial charge >= 0.3 is 5.69 Å². The zero-order valence-corrected chi connectivity index (χ0v) is 13.1. The number of fused-ring (bicyclic) bond motifs is 1. The first-order valence-electron chi connectivity index (χ1n) is 7.86. The van der Waals surface area contributed by atoms with E-state index >= 15 is 0 Å². The van der Waals surface area contributed by atoms with Crippen LogP contribution in [-0.2, 0) is 13.0 Å². The van der Waals surface area contributed by atoms with Crippen LogP contribution in [0.5, 0.6) is 0 Å². The molecule has 0 unspecified atom stereocenters. The number of nitrogens with zero attached hydrogens (tertiary/aromatic N) is 5. The highest BCUT2D eigenvalue weighted by Gasteiger charge is 2.11. The van der Waals surface area contributed by atoms with E-state index in [1.54, 1.807) is 18.6 Å². The van der Waals surface area contributed by atoms with Crippen LogP contribution in [0.15, 0.2) is 41.7 Å². The highest BCUT2D eigenvalue weighted by molar-refractivity contribution is 5.61. The van der Waals surface area contributed by atoms with Crippen molar-refractivity contribution in [3.8, 4) is 0 Å². The van der Waals surface area contributed by atoms with Crippen LogP contribution in [0.25, 0.3) is 5.65 Å². The van der Waals surface area contributed by atoms with Gasteiger partial charge in [0.1, 0.15) is 0 Å². The van der Waals surface area contributed by atoms with Crippen molar-refractivity contribution in [3.63, 3.8) is 0 Å². The first kappa shape index (κ1) is 15.2. The number of aryl methyl sites for hydroxylation is 1. The molecule has 0 radical (unpaired) electrons. The summed E-state index contributed by atoms with van der Waals surface area (Å²) in [5, 5.41) is 7.66. The summed E-state index contributed by atoms with van der Waals surface area (Å²) in [5.74, 6) is 0.628. The number of nitrogens with one attached hydrogen (secondary N) is 1. The first-order chi connectivity index (χ1) is 11.3. The van der Waals surface area contributed by atoms with Crippen LogP contribution in [0.1, 0.15) is 25.3 Å². The standard InChI is InChI=1S/C16H20N6O/c1-2-3-10-22-16(23)21-11-9-19-14(15(21)20-22)18-8-6-13-5-4-7-17-12-13/h4-5,7,9,11-12H,2-3,6,8,10H2,1H3,(H,18,19). The van der Waals surface area contributed by atoms with E-state index < -0.39 is 0 Å². The van der Waals surface area contributed by atoms with Gasteiger partial charge in [-0.05, 0) is 24.5 Å². The van der Waals surface area contributed by atoms with E-state index in [1.807, 2.05) is 18.3 Å². The highest BCUT2D eigenvalue weighted by atomic mass is 16.2. The molecule has 0 aliphatic carbocycles. The van der Waals surface area contributed by atoms with Crippen molar-refractivity contribution >= 4 is 11.5 Å². The second-order valence-electron chi connectivity index (χ2n) is 5.37. The van der Waals surface area contributed by atoms with Crippen LogP contribution in [0.4, 0.5) is 5.82 Å². The van der Waals surface area contributed by atoms with Crippen LogP contribution >= 0.6 is 0 Å². The number of hydrogen-bond acceptors (Lipinski definition) is 5. The van der Waals surface area contributed by atoms with E-state index in [1.165, 1.54) is 9.08 Å². The van der Waals surface area contributed by atoms with E-state index in [4.69, 9.17) is 0 Å². The Hall–Kier alpha value is -2.70. The zero-order valence-electron chi connectivity index (χ0n) is 13.1. The van der Waals surface area contributed by atoms with E-state index in [0.717, 1.165) is 24.8 Å². The molecule has 0 aliphatic heterocycles. The van der Waals surface area contributed by atoms with Gasteiger partial charge in [0.15, 0.2) is 5.82 Å². The Labute approximate surface area is 134 Å². The van der Waals surface area contributed by atoms with Crippen LogP contribution in [0.2, 0.25) is 0 Å². The third-order valence-electron chi connectivity index (χ3n) is 3.65. The van der Waals surface area contributed by atoms with E-state index in [9.17, 15) is 4.79 Å². The predicted octanol–water partition coefficient (Wildman–Crippen LogP) is 1.74. The highest BCUT2D eigenvalue weighted by Crippen LogP contribution is 2.09. The number of rotatable bonds is 7. The Morgan fingerprint density at radius 2 is 2.22 bits per heavy atom. The topological polar surface area (TPSA) is 77.1 Å². The summed E-state index contributed by atoms with van der Waals surface area (Å²) in [6.07, 6.45) is 9.66. The second kappa shape index (κ2) is 7.04. The molecule has 0 saturated heterocycles. The monoisotopic (exact) mass is 312 g/mol. The number of hydrogen-bond donors (Lipinski definition) is 1. The quantitative estimate of drug-likeness (QED) is 0.719. The summed E-state index contributed by atoms with van der Waals surface area (Å²) < 4.78 is 3.04. The number of aromatic nitrogens is 5. The van der Waals surface area contributed by atoms with Gasteiger partial charge in [0.25, 0.3) is 0 Å². The van der Waals surface area contributed by atoms with Gasteiger partial charge in [0, 0.05) is 37.9 Å². The molecule has 0 fully saturated rings. The summed E-state index contributed by atoms with van der Waals surface area (Å²) in [7, 11) is 0. The van der Waals surface area contributed by atoms with Crippen LogP contribution in [0.3, 0.4) is 0 Å². The van der Waals surface area contributed by atoms with Crippen molar-refractivity contribution in [2.24, 2.45) is 0 Å². The number of unbranched alkanes of at least 4 members (excludes halogenated alkanes) is 1. The molecule has 3 heterocycles. The molecule has 3 aromatic heterocycles. The molecule has 7 nitrogen and oxygen atoms in total. The van der Waals surface area contributed by atoms with E-state index in [0.29, 0.717) is 24.6 Å². The fraction of sp³-hybridized carbons (Fsp3) is 0.375. The van der Waals surface area contributed by atoms with E-state index in [-0.39, 0.29) is 5.69 Å². The molecule has 0 aliphatic rings. The lowest BCUT2D eigenvalue weighted by Gasteiger charge is -2.05. The molecule has 0 aromatic carbocycles. The van der Waals surface area contributed by atoms with Crippen molar-refractivity contribution in [2.75, 3.05) is 11.9 Å². The molecule has 120 valence electrons. The molecule has 0 bridgehead atoms. The zero-order chi connectivity index (χ0) is 16.1. The summed E-state index contributed by atoms with van der Waals surface area (Å²) in [6.45, 7) is 3.42. The number of anilines is 1. The molecule has 0 saturated carbocycles. The Morgan fingerprint density at radius 3 is 3.00 bits per heavy atom. The maximum Gasteiger partial charge on any atom is 0.350 e. The van der Waals surface area contributed by atoms with Crippen molar-refractivity contribution in [3.05, 3.63) is 53.0 Å². The van der Waals surface area contributed by atoms with Gasteiger partial charge in [-0.1, -0.05) is 19.4 Å². The molecule has 7 heteroatoms. The average Bonchev–Trinajstić information content (AvgIpc) is 2.91. The molecule has 1 N–H and O–H groups in total. The van der Waals surface area contributed by atoms with Crippen LogP contribution < -0.4 is 11.0 Å². The van der Waals surface area contributed by atoms with Gasteiger partial charge in [-0.15, -0.1) is 5.10 Å². The summed E-state index contributed by atoms with van der Waals surface area (Å²) in [5.41, 5.74) is 1.60. The van der Waals surface area contributed by atoms with Gasteiger partial charge in [-0.3, -0.25) is 4.98 Å². The predicted molar refractivity (Wildman–Crippen MR) is 88.6 cm³/mol. The Morgan fingerprint density at radius 1 is 1.30 bits per heavy atom. The van der Waals surface area contributed by atoms with Gasteiger partial charge in [0.2, 0.25) is 5.65 Å². The lowest BCUT2D eigenvalue weighted by Crippen LogP contribution is -2.21. The first-order valence-corrected chi connectivity index (χ1v) is 7.86. The molecule has 0 spiro atoms. The molecule has 23 heavy (non-hydrogen) atoms. The minimum Gasteiger partial charge on any atom is -0.367 e. The van der Waals surface area contributed by atoms with Crippen molar-refractivity contribution in [1.29, 1.82) is 0 Å². The van der Waals surface area contributed by atoms with Crippen LogP contribution in [0, 0.1) is 0 Å². The molecule has 0 atom stereocenters. The van der Waals surface area contributed by atoms with Gasteiger partial charge in [-0.2, -0.15) is 0 Å². The van der Waals surface area contributed by atoms with Crippen molar-refractivity contribution < 1.29 is 0 Å². The minimum absolute atomic E-state index is 0.119. The maximum absolute atomic E-state index is 12.3. The smallest absolute Gasteiger partial charge is 0.350 e. The Balaban J connectivity index is 1.76. The SMILES string of the molecule is CCCCn1nc2c(NCCc3cccnc3)nccn2c1=O. The van der Waals surface area contributed by atoms with Gasteiger partial charge < -0.3 is 5.32 Å². The van der Waals surface area contributed by atoms with Gasteiger partial charge in [-0.25, -0.2) is 18.9 Å². The van der Waals surface area contributed by atoms with Crippen molar-refractivity contribution in [2.45, 2.75) is 32.7 Å². The Bertz CT molecular complexity index is 823. The lowest BCUT2D eigenvalue weighted by molar-refractivity contribution is 0.554. The van der Waals surface area contributed by atoms with Crippen molar-refractivity contribution in [1.82, 2.24) is 24.1 Å². The van der Waals surface area contributed by atoms with Crippen LogP contribution in [-0.4, -0.2) is 30.7 Å². The normalized spacial score (nSPS) is 11.0.